The molecule has 3 fully saturated rings. The van der Waals surface area contributed by atoms with Gasteiger partial charge in [0.1, 0.15) is 5.70 Å². The lowest BCUT2D eigenvalue weighted by Gasteiger charge is -2.41. The first kappa shape index (κ1) is 24.7. The summed E-state index contributed by atoms with van der Waals surface area (Å²) < 4.78 is 31.0. The highest BCUT2D eigenvalue weighted by Crippen LogP contribution is 2.39. The van der Waals surface area contributed by atoms with E-state index in [0.29, 0.717) is 18.7 Å². The summed E-state index contributed by atoms with van der Waals surface area (Å²) in [4.78, 5) is 29.5. The first-order chi connectivity index (χ1) is 17.0. The van der Waals surface area contributed by atoms with Gasteiger partial charge in [-0.3, -0.25) is 9.59 Å². The molecule has 1 aliphatic heterocycles. The normalized spacial score (nSPS) is 23.5. The average molecular weight is 499 g/mol. The van der Waals surface area contributed by atoms with Crippen LogP contribution in [0.4, 0.5) is 0 Å². The molecule has 2 saturated carbocycles. The van der Waals surface area contributed by atoms with E-state index in [0.717, 1.165) is 89.9 Å². The summed E-state index contributed by atoms with van der Waals surface area (Å²) in [6.45, 7) is 1.23. The lowest BCUT2D eigenvalue weighted by atomic mass is 9.91. The zero-order valence-electron chi connectivity index (χ0n) is 20.7. The van der Waals surface area contributed by atoms with Gasteiger partial charge in [-0.25, -0.2) is 8.42 Å². The Morgan fingerprint density at radius 3 is 1.63 bits per heavy atom. The summed E-state index contributed by atoms with van der Waals surface area (Å²) in [7, 11) is -4.16. The highest BCUT2D eigenvalue weighted by Gasteiger charge is 2.47. The molecule has 0 unspecified atom stereocenters. The number of carbonyl (C=O) groups excluding carboxylic acids is 2. The fourth-order valence-electron chi connectivity index (χ4n) is 6.63. The molecule has 4 aliphatic rings. The standard InChI is InChI=1S/C28H38N2O4S/c31-26-23-17-9-10-18-24(23)27(32)28(25(26)29-19-11-1-2-12-20-29)35(33,34)30(21-13-5-3-6-14-21)22-15-7-4-8-16-22/h9-10,17-18,21-22H,1-8,11-16,19-20H2. The fraction of sp³-hybridized carbons (Fsp3) is 0.643. The smallest absolute Gasteiger partial charge is 0.249 e. The van der Waals surface area contributed by atoms with Crippen LogP contribution in [0.3, 0.4) is 0 Å². The van der Waals surface area contributed by atoms with Crippen LogP contribution < -0.4 is 0 Å². The van der Waals surface area contributed by atoms with Gasteiger partial charge >= 0.3 is 0 Å². The van der Waals surface area contributed by atoms with Crippen molar-refractivity contribution in [1.29, 1.82) is 0 Å². The third-order valence-electron chi connectivity index (χ3n) is 8.38. The highest BCUT2D eigenvalue weighted by atomic mass is 32.2. The number of fused-ring (bicyclic) bond motifs is 1. The molecule has 1 heterocycles. The molecule has 6 nitrogen and oxygen atoms in total. The Hall–Kier alpha value is -1.99. The maximum absolute atomic E-state index is 14.7. The van der Waals surface area contributed by atoms with Gasteiger partial charge in [-0.05, 0) is 38.5 Å². The van der Waals surface area contributed by atoms with E-state index < -0.39 is 15.8 Å². The summed E-state index contributed by atoms with van der Waals surface area (Å²) in [6, 6.07) is 6.56. The lowest BCUT2D eigenvalue weighted by Crippen LogP contribution is -2.51. The molecule has 5 rings (SSSR count). The third-order valence-corrected chi connectivity index (χ3v) is 10.4. The molecule has 190 valence electrons. The molecule has 0 bridgehead atoms. The number of carbonyl (C=O) groups is 2. The summed E-state index contributed by atoms with van der Waals surface area (Å²) in [5, 5.41) is 0. The van der Waals surface area contributed by atoms with Gasteiger partial charge in [-0.2, -0.15) is 4.31 Å². The number of likely N-dealkylation sites (tertiary alicyclic amines) is 1. The van der Waals surface area contributed by atoms with Crippen molar-refractivity contribution in [3.8, 4) is 0 Å². The van der Waals surface area contributed by atoms with E-state index in [1.54, 1.807) is 28.6 Å². The van der Waals surface area contributed by atoms with Crippen LogP contribution in [0.25, 0.3) is 0 Å². The number of allylic oxidation sites excluding steroid dienone is 2. The minimum Gasteiger partial charge on any atom is -0.367 e. The van der Waals surface area contributed by atoms with Gasteiger partial charge in [0.05, 0.1) is 0 Å². The van der Waals surface area contributed by atoms with Gasteiger partial charge in [0.2, 0.25) is 21.6 Å². The van der Waals surface area contributed by atoms with Gasteiger partial charge < -0.3 is 4.90 Å². The summed E-state index contributed by atoms with van der Waals surface area (Å²) >= 11 is 0. The average Bonchev–Trinajstić information content (AvgIpc) is 3.17. The lowest BCUT2D eigenvalue weighted by molar-refractivity contribution is 0.0945. The number of hydrogen-bond acceptors (Lipinski definition) is 5. The second-order valence-electron chi connectivity index (χ2n) is 10.7. The van der Waals surface area contributed by atoms with Crippen molar-refractivity contribution in [1.82, 2.24) is 9.21 Å². The number of hydrogen-bond donors (Lipinski definition) is 0. The number of Topliss-reactive ketones (excluding diaryl/α,β-unsaturated/α-hetero) is 2. The molecular weight excluding hydrogens is 460 g/mol. The fourth-order valence-corrected chi connectivity index (χ4v) is 8.86. The monoisotopic (exact) mass is 498 g/mol. The van der Waals surface area contributed by atoms with Crippen molar-refractivity contribution in [2.24, 2.45) is 0 Å². The van der Waals surface area contributed by atoms with Gasteiger partial charge in [0.15, 0.2) is 4.91 Å². The SMILES string of the molecule is O=C1C(N2CCCCCC2)=C(S(=O)(=O)N(C2CCCCC2)C2CCCCC2)C(=O)c2ccccc21. The van der Waals surface area contributed by atoms with Crippen LogP contribution >= 0.6 is 0 Å². The molecule has 7 heteroatoms. The Kier molecular flexibility index (Phi) is 7.44. The predicted molar refractivity (Wildman–Crippen MR) is 137 cm³/mol. The minimum absolute atomic E-state index is 0.0881. The number of benzene rings is 1. The Morgan fingerprint density at radius 1 is 0.657 bits per heavy atom. The van der Waals surface area contributed by atoms with E-state index in [1.807, 2.05) is 4.90 Å². The van der Waals surface area contributed by atoms with Crippen molar-refractivity contribution in [3.05, 3.63) is 46.0 Å². The van der Waals surface area contributed by atoms with Crippen molar-refractivity contribution in [3.63, 3.8) is 0 Å². The maximum Gasteiger partial charge on any atom is 0.249 e. The molecule has 35 heavy (non-hydrogen) atoms. The van der Waals surface area contributed by atoms with Crippen LogP contribution in [0, 0.1) is 0 Å². The first-order valence-corrected chi connectivity index (χ1v) is 15.2. The highest BCUT2D eigenvalue weighted by molar-refractivity contribution is 7.94. The van der Waals surface area contributed by atoms with E-state index in [2.05, 4.69) is 0 Å². The number of sulfonamides is 1. The maximum atomic E-state index is 14.7. The molecule has 1 aromatic rings. The van der Waals surface area contributed by atoms with Crippen LogP contribution in [0.15, 0.2) is 34.9 Å². The van der Waals surface area contributed by atoms with Crippen molar-refractivity contribution < 1.29 is 18.0 Å². The van der Waals surface area contributed by atoms with Gasteiger partial charge in [0.25, 0.3) is 0 Å². The molecule has 0 amide bonds. The number of ketones is 2. The minimum atomic E-state index is -4.16. The van der Waals surface area contributed by atoms with E-state index in [-0.39, 0.29) is 34.0 Å². The molecule has 0 spiro atoms. The Morgan fingerprint density at radius 2 is 1.11 bits per heavy atom. The quantitative estimate of drug-likeness (QED) is 0.540. The molecule has 0 radical (unpaired) electrons. The molecule has 1 saturated heterocycles. The van der Waals surface area contributed by atoms with E-state index in [1.165, 1.54) is 0 Å². The largest absolute Gasteiger partial charge is 0.367 e. The zero-order valence-corrected chi connectivity index (χ0v) is 21.5. The van der Waals surface area contributed by atoms with Crippen LogP contribution in [0.1, 0.15) is 111 Å². The van der Waals surface area contributed by atoms with E-state index in [4.69, 9.17) is 0 Å². The molecule has 0 aromatic heterocycles. The molecule has 1 aromatic carbocycles. The molecule has 0 atom stereocenters. The second kappa shape index (κ2) is 10.6. The van der Waals surface area contributed by atoms with Gasteiger partial charge in [0, 0.05) is 36.3 Å². The molecule has 0 N–H and O–H groups in total. The van der Waals surface area contributed by atoms with Crippen LogP contribution in [-0.2, 0) is 10.0 Å². The number of rotatable bonds is 5. The second-order valence-corrected chi connectivity index (χ2v) is 12.5. The van der Waals surface area contributed by atoms with Gasteiger partial charge in [-0.1, -0.05) is 75.6 Å². The predicted octanol–water partition coefficient (Wildman–Crippen LogP) is 5.45. The van der Waals surface area contributed by atoms with Crippen molar-refractivity contribution in [2.45, 2.75) is 102 Å². The van der Waals surface area contributed by atoms with Crippen LogP contribution in [-0.4, -0.2) is 54.4 Å². The topological polar surface area (TPSA) is 74.8 Å². The summed E-state index contributed by atoms with van der Waals surface area (Å²) in [5.41, 5.74) is 0.687. The van der Waals surface area contributed by atoms with Gasteiger partial charge in [-0.15, -0.1) is 0 Å². The third kappa shape index (κ3) is 4.74. The zero-order chi connectivity index (χ0) is 24.4. The van der Waals surface area contributed by atoms with E-state index in [9.17, 15) is 18.0 Å². The number of nitrogens with zero attached hydrogens (tertiary/aromatic N) is 2. The van der Waals surface area contributed by atoms with Crippen LogP contribution in [0.2, 0.25) is 0 Å². The van der Waals surface area contributed by atoms with Crippen molar-refractivity contribution >= 4 is 21.6 Å². The van der Waals surface area contributed by atoms with Crippen LogP contribution in [0.5, 0.6) is 0 Å². The van der Waals surface area contributed by atoms with E-state index >= 15 is 0 Å². The Labute approximate surface area is 209 Å². The Balaban J connectivity index is 1.67. The van der Waals surface area contributed by atoms with Crippen molar-refractivity contribution in [2.75, 3.05) is 13.1 Å². The molecular formula is C28H38N2O4S. The summed E-state index contributed by atoms with van der Waals surface area (Å²) in [5.74, 6) is -0.816. The molecule has 3 aliphatic carbocycles. The Bertz CT molecular complexity index is 1070. The summed E-state index contributed by atoms with van der Waals surface area (Å²) in [6.07, 6.45) is 13.5. The first-order valence-electron chi connectivity index (χ1n) is 13.7.